The molecule has 0 amide bonds. The lowest BCUT2D eigenvalue weighted by molar-refractivity contribution is -0.383. The average Bonchev–Trinajstić information content (AvgIpc) is 3.38. The van der Waals surface area contributed by atoms with Gasteiger partial charge in [0.25, 0.3) is 0 Å². The van der Waals surface area contributed by atoms with E-state index in [-0.39, 0.29) is 24.5 Å². The Morgan fingerprint density at radius 2 is 1.88 bits per heavy atom. The lowest BCUT2D eigenvalue weighted by Crippen LogP contribution is -2.74. The summed E-state index contributed by atoms with van der Waals surface area (Å²) in [5, 5.41) is 61.3. The molecule has 9 heteroatoms. The third-order valence-corrected chi connectivity index (χ3v) is 10.6. The predicted molar refractivity (Wildman–Crippen MR) is 117 cm³/mol. The van der Waals surface area contributed by atoms with Crippen LogP contribution in [0.4, 0.5) is 0 Å². The Morgan fingerprint density at radius 1 is 1.21 bits per heavy atom. The van der Waals surface area contributed by atoms with Gasteiger partial charge >= 0.3 is 5.97 Å². The molecule has 1 spiro atoms. The van der Waals surface area contributed by atoms with E-state index >= 15 is 0 Å². The minimum atomic E-state index is -2.36. The van der Waals surface area contributed by atoms with Gasteiger partial charge in [0.1, 0.15) is 22.5 Å². The van der Waals surface area contributed by atoms with E-state index in [4.69, 9.17) is 9.47 Å². The van der Waals surface area contributed by atoms with Gasteiger partial charge in [0.2, 0.25) is 0 Å². The maximum absolute atomic E-state index is 13.1. The smallest absolute Gasteiger partial charge is 0.355 e. The van der Waals surface area contributed by atoms with Gasteiger partial charge in [0, 0.05) is 18.0 Å². The van der Waals surface area contributed by atoms with Crippen LogP contribution in [0.2, 0.25) is 0 Å². The fourth-order valence-corrected chi connectivity index (χ4v) is 9.11. The van der Waals surface area contributed by atoms with Crippen molar-refractivity contribution in [1.29, 1.82) is 0 Å². The summed E-state index contributed by atoms with van der Waals surface area (Å²) >= 11 is 0. The lowest BCUT2D eigenvalue weighted by Gasteiger charge is -2.60. The van der Waals surface area contributed by atoms with Crippen LogP contribution in [0.25, 0.3) is 0 Å². The summed E-state index contributed by atoms with van der Waals surface area (Å²) in [4.78, 5) is 15.9. The number of aliphatic hydroxyl groups is 5. The molecule has 9 nitrogen and oxygen atoms in total. The highest BCUT2D eigenvalue weighted by Gasteiger charge is 3.07. The summed E-state index contributed by atoms with van der Waals surface area (Å²) in [7, 11) is 0. The van der Waals surface area contributed by atoms with Crippen molar-refractivity contribution in [3.05, 3.63) is 35.2 Å². The Bertz CT molecular complexity index is 1150. The summed E-state index contributed by atoms with van der Waals surface area (Å²) in [6.07, 6.45) is -0.834. The number of H-pyrrole nitrogens is 1. The number of hydrogen-bond acceptors (Lipinski definition) is 8. The fourth-order valence-electron chi connectivity index (χ4n) is 9.11. The number of carbonyl (C=O) groups excluding carboxylic acids is 1. The quantitative estimate of drug-likeness (QED) is 0.271. The zero-order chi connectivity index (χ0) is 24.9. The highest BCUT2D eigenvalue weighted by atomic mass is 16.7. The molecule has 7 rings (SSSR count). The van der Waals surface area contributed by atoms with Gasteiger partial charge in [-0.25, -0.2) is 4.79 Å². The molecule has 6 fully saturated rings. The molecular formula is C25H33NO8. The van der Waals surface area contributed by atoms with Crippen molar-refractivity contribution in [2.24, 2.45) is 16.7 Å². The van der Waals surface area contributed by atoms with E-state index in [1.54, 1.807) is 46.9 Å². The number of nitrogens with one attached hydrogen (secondary N) is 1. The standard InChI is InChI=1S/C25H33NO8/c1-12(2)15-17(33-18(28)14-7-6-10-26-14)23(31)19(4)11-22(30)20(15,5)25(23,32)24(34-22)16(27)13(3)8-9-21(19,24)29/h6-7,10,13,16-17,26-27,29-32H,8-9,11H2,1-5H3/t13-,16+,17+,19-,20-,21-,22-,23+,24+,25+/m0/s1. The van der Waals surface area contributed by atoms with Crippen LogP contribution < -0.4 is 0 Å². The van der Waals surface area contributed by atoms with E-state index in [1.807, 2.05) is 0 Å². The average molecular weight is 476 g/mol. The Labute approximate surface area is 197 Å². The molecule has 0 radical (unpaired) electrons. The van der Waals surface area contributed by atoms with E-state index in [0.29, 0.717) is 17.6 Å². The molecule has 4 aliphatic carbocycles. The van der Waals surface area contributed by atoms with Crippen molar-refractivity contribution < 1.29 is 39.8 Å². The maximum atomic E-state index is 13.1. The third kappa shape index (κ3) is 1.68. The summed E-state index contributed by atoms with van der Waals surface area (Å²) in [6.45, 7) is 8.47. The van der Waals surface area contributed by atoms with Crippen LogP contribution in [0.15, 0.2) is 29.5 Å². The number of rotatable bonds is 2. The number of aliphatic hydroxyl groups excluding tert-OH is 1. The number of esters is 1. The van der Waals surface area contributed by atoms with Crippen LogP contribution in [-0.2, 0) is 9.47 Å². The number of carbonyl (C=O) groups is 1. The van der Waals surface area contributed by atoms with E-state index in [0.717, 1.165) is 0 Å². The van der Waals surface area contributed by atoms with Crippen LogP contribution in [0.1, 0.15) is 64.4 Å². The molecule has 6 bridgehead atoms. The number of aromatic amines is 1. The molecule has 6 N–H and O–H groups in total. The largest absolute Gasteiger partial charge is 0.450 e. The summed E-state index contributed by atoms with van der Waals surface area (Å²) < 4.78 is 12.2. The molecule has 10 atom stereocenters. The molecule has 0 aromatic carbocycles. The number of hydrogen-bond donors (Lipinski definition) is 6. The van der Waals surface area contributed by atoms with Crippen molar-refractivity contribution >= 4 is 5.97 Å². The fraction of sp³-hybridized carbons (Fsp3) is 0.720. The van der Waals surface area contributed by atoms with Gasteiger partial charge in [-0.05, 0) is 57.2 Å². The Kier molecular flexibility index (Phi) is 3.87. The molecule has 0 unspecified atom stereocenters. The first kappa shape index (κ1) is 22.7. The molecule has 34 heavy (non-hydrogen) atoms. The second kappa shape index (κ2) is 5.79. The minimum Gasteiger partial charge on any atom is -0.450 e. The zero-order valence-corrected chi connectivity index (χ0v) is 20.0. The third-order valence-electron chi connectivity index (χ3n) is 10.6. The molecule has 2 saturated heterocycles. The second-order valence-electron chi connectivity index (χ2n) is 11.8. The van der Waals surface area contributed by atoms with Gasteiger partial charge in [-0.15, -0.1) is 0 Å². The Morgan fingerprint density at radius 3 is 2.47 bits per heavy atom. The first-order valence-electron chi connectivity index (χ1n) is 11.9. The van der Waals surface area contributed by atoms with Crippen LogP contribution in [0.5, 0.6) is 0 Å². The SMILES string of the molecule is CC(C)=C1[C@@H](OC(=O)c2ccc[nH]2)[C@@]2(O)[C@@]3(C)C[C@]4(O)O[C@@]5([C@H](O)[C@@H](C)CC[C@]35O)[C@@]2(O)[C@@]14C. The van der Waals surface area contributed by atoms with Gasteiger partial charge in [-0.2, -0.15) is 0 Å². The second-order valence-corrected chi connectivity index (χ2v) is 11.8. The number of allylic oxidation sites excluding steroid dienone is 1. The molecule has 2 aliphatic heterocycles. The molecule has 1 aromatic heterocycles. The Balaban J connectivity index is 1.68. The van der Waals surface area contributed by atoms with Crippen molar-refractivity contribution in [1.82, 2.24) is 4.98 Å². The lowest BCUT2D eigenvalue weighted by atomic mass is 9.54. The van der Waals surface area contributed by atoms with Gasteiger partial charge in [0.15, 0.2) is 17.5 Å². The summed E-state index contributed by atoms with van der Waals surface area (Å²) in [6, 6.07) is 3.17. The van der Waals surface area contributed by atoms with Crippen LogP contribution in [0, 0.1) is 16.7 Å². The van der Waals surface area contributed by atoms with E-state index in [1.165, 1.54) is 6.07 Å². The number of ether oxygens (including phenoxy) is 2. The molecule has 6 aliphatic rings. The van der Waals surface area contributed by atoms with Gasteiger partial charge in [-0.3, -0.25) is 0 Å². The molecule has 186 valence electrons. The van der Waals surface area contributed by atoms with E-state index in [2.05, 4.69) is 4.98 Å². The number of aromatic nitrogens is 1. The Hall–Kier alpha value is -1.75. The van der Waals surface area contributed by atoms with Crippen LogP contribution >= 0.6 is 0 Å². The normalized spacial score (nSPS) is 56.6. The summed E-state index contributed by atoms with van der Waals surface area (Å²) in [5.74, 6) is -3.14. The highest BCUT2D eigenvalue weighted by molar-refractivity contribution is 5.88. The first-order valence-corrected chi connectivity index (χ1v) is 11.9. The van der Waals surface area contributed by atoms with Gasteiger partial charge in [0.05, 0.1) is 11.5 Å². The van der Waals surface area contributed by atoms with Crippen molar-refractivity contribution in [2.75, 3.05) is 0 Å². The molecule has 4 saturated carbocycles. The highest BCUT2D eigenvalue weighted by Crippen LogP contribution is 2.89. The van der Waals surface area contributed by atoms with Gasteiger partial charge < -0.3 is 40.0 Å². The van der Waals surface area contributed by atoms with Crippen LogP contribution in [-0.4, -0.2) is 76.9 Å². The van der Waals surface area contributed by atoms with E-state index in [9.17, 15) is 30.3 Å². The molecule has 1 aromatic rings. The van der Waals surface area contributed by atoms with E-state index < -0.39 is 57.2 Å². The summed E-state index contributed by atoms with van der Waals surface area (Å²) in [5.41, 5.74) is -10.7. The monoisotopic (exact) mass is 475 g/mol. The topological polar surface area (TPSA) is 152 Å². The van der Waals surface area contributed by atoms with Crippen LogP contribution in [0.3, 0.4) is 0 Å². The van der Waals surface area contributed by atoms with Gasteiger partial charge in [-0.1, -0.05) is 19.4 Å². The zero-order valence-electron chi connectivity index (χ0n) is 20.0. The minimum absolute atomic E-state index is 0.139. The predicted octanol–water partition coefficient (Wildman–Crippen LogP) is 0.762. The van der Waals surface area contributed by atoms with Crippen molar-refractivity contribution in [3.63, 3.8) is 0 Å². The molecule has 3 heterocycles. The maximum Gasteiger partial charge on any atom is 0.355 e. The first-order chi connectivity index (χ1) is 15.6. The van der Waals surface area contributed by atoms with Crippen molar-refractivity contribution in [3.8, 4) is 0 Å². The molecular weight excluding hydrogens is 442 g/mol. The van der Waals surface area contributed by atoms with Crippen molar-refractivity contribution in [2.45, 2.75) is 94.3 Å².